The lowest BCUT2D eigenvalue weighted by Gasteiger charge is -2.35. The van der Waals surface area contributed by atoms with E-state index in [1.54, 1.807) is 6.26 Å². The summed E-state index contributed by atoms with van der Waals surface area (Å²) >= 11 is 0. The van der Waals surface area contributed by atoms with Gasteiger partial charge in [0.05, 0.1) is 11.8 Å². The number of aromatic nitrogens is 1. The molecule has 1 unspecified atom stereocenters. The molecule has 0 bridgehead atoms. The maximum absolute atomic E-state index is 13.2. The van der Waals surface area contributed by atoms with Gasteiger partial charge in [-0.2, -0.15) is 0 Å². The van der Waals surface area contributed by atoms with Crippen LogP contribution in [0.2, 0.25) is 0 Å². The van der Waals surface area contributed by atoms with Crippen LogP contribution in [0.5, 0.6) is 0 Å². The van der Waals surface area contributed by atoms with Crippen molar-refractivity contribution in [1.82, 2.24) is 15.0 Å². The van der Waals surface area contributed by atoms with Crippen LogP contribution >= 0.6 is 0 Å². The first-order valence-electron chi connectivity index (χ1n) is 7.59. The summed E-state index contributed by atoms with van der Waals surface area (Å²) in [6, 6.07) is 5.37. The van der Waals surface area contributed by atoms with Gasteiger partial charge >= 0.3 is 0 Å². The second-order valence-corrected chi connectivity index (χ2v) is 5.76. The van der Waals surface area contributed by atoms with Crippen molar-refractivity contribution in [3.8, 4) is 0 Å². The molecule has 0 spiro atoms. The summed E-state index contributed by atoms with van der Waals surface area (Å²) in [7, 11) is 0. The van der Waals surface area contributed by atoms with Crippen molar-refractivity contribution in [3.05, 3.63) is 53.4 Å². The highest BCUT2D eigenvalue weighted by molar-refractivity contribution is 5.20. The second kappa shape index (κ2) is 7.16. The third-order valence-corrected chi connectivity index (χ3v) is 4.10. The molecule has 7 heteroatoms. The zero-order chi connectivity index (χ0) is 16.2. The molecule has 1 aliphatic rings. The molecular weight excluding hydrogens is 304 g/mol. The predicted molar refractivity (Wildman–Crippen MR) is 79.5 cm³/mol. The van der Waals surface area contributed by atoms with Gasteiger partial charge in [-0.1, -0.05) is 11.2 Å². The van der Waals surface area contributed by atoms with Crippen LogP contribution in [-0.4, -0.2) is 52.8 Å². The van der Waals surface area contributed by atoms with Crippen LogP contribution in [0.3, 0.4) is 0 Å². The average Bonchev–Trinajstić information content (AvgIpc) is 3.05. The van der Waals surface area contributed by atoms with Crippen molar-refractivity contribution in [2.75, 3.05) is 32.7 Å². The first-order valence-corrected chi connectivity index (χ1v) is 7.59. The molecule has 1 atom stereocenters. The van der Waals surface area contributed by atoms with Crippen LogP contribution in [0.15, 0.2) is 35.1 Å². The molecule has 1 saturated heterocycles. The van der Waals surface area contributed by atoms with Crippen molar-refractivity contribution < 1.29 is 18.4 Å². The monoisotopic (exact) mass is 323 g/mol. The number of nitrogens with zero attached hydrogens (tertiary/aromatic N) is 3. The minimum absolute atomic E-state index is 0.397. The molecule has 3 rings (SSSR count). The fourth-order valence-electron chi connectivity index (χ4n) is 2.75. The molecule has 1 fully saturated rings. The Morgan fingerprint density at radius 2 is 1.83 bits per heavy atom. The summed E-state index contributed by atoms with van der Waals surface area (Å²) in [5.41, 5.74) is 1.30. The Morgan fingerprint density at radius 1 is 1.09 bits per heavy atom. The first kappa shape index (κ1) is 16.0. The summed E-state index contributed by atoms with van der Waals surface area (Å²) in [5, 5.41) is 14.1. The van der Waals surface area contributed by atoms with Crippen LogP contribution < -0.4 is 0 Å². The number of piperazine rings is 1. The first-order chi connectivity index (χ1) is 11.1. The predicted octanol–water partition coefficient (Wildman–Crippen LogP) is 1.80. The van der Waals surface area contributed by atoms with Gasteiger partial charge in [0.1, 0.15) is 6.26 Å². The summed E-state index contributed by atoms with van der Waals surface area (Å²) in [6.45, 7) is 4.48. The molecule has 0 amide bonds. The van der Waals surface area contributed by atoms with E-state index in [0.29, 0.717) is 12.1 Å². The van der Waals surface area contributed by atoms with Gasteiger partial charge < -0.3 is 9.63 Å². The molecule has 1 aromatic heterocycles. The standard InChI is InChI=1S/C16H19F2N3O2/c17-14-2-1-12(9-15(14)18)16(22)11-21-6-4-20(5-7-21)10-13-3-8-23-19-13/h1-3,8-9,16,22H,4-7,10-11H2. The molecule has 0 saturated carbocycles. The highest BCUT2D eigenvalue weighted by atomic mass is 19.2. The van der Waals surface area contributed by atoms with E-state index in [9.17, 15) is 13.9 Å². The normalized spacial score (nSPS) is 18.2. The molecule has 5 nitrogen and oxygen atoms in total. The summed E-state index contributed by atoms with van der Waals surface area (Å²) in [4.78, 5) is 4.38. The number of hydrogen-bond donors (Lipinski definition) is 1. The lowest BCUT2D eigenvalue weighted by atomic mass is 10.1. The Kier molecular flexibility index (Phi) is 5.00. The SMILES string of the molecule is OC(CN1CCN(Cc2ccon2)CC1)c1ccc(F)c(F)c1. The third-order valence-electron chi connectivity index (χ3n) is 4.10. The highest BCUT2D eigenvalue weighted by Crippen LogP contribution is 2.18. The van der Waals surface area contributed by atoms with E-state index in [-0.39, 0.29) is 0 Å². The average molecular weight is 323 g/mol. The van der Waals surface area contributed by atoms with Crippen LogP contribution in [0, 0.1) is 11.6 Å². The number of hydrogen-bond acceptors (Lipinski definition) is 5. The molecule has 124 valence electrons. The summed E-state index contributed by atoms with van der Waals surface area (Å²) in [5.74, 6) is -1.83. The summed E-state index contributed by atoms with van der Waals surface area (Å²) in [6.07, 6.45) is 0.733. The van der Waals surface area contributed by atoms with Gasteiger partial charge in [-0.25, -0.2) is 8.78 Å². The topological polar surface area (TPSA) is 52.7 Å². The Hall–Kier alpha value is -1.83. The number of aliphatic hydroxyl groups is 1. The van der Waals surface area contributed by atoms with E-state index in [0.717, 1.165) is 50.6 Å². The van der Waals surface area contributed by atoms with Crippen LogP contribution in [0.1, 0.15) is 17.4 Å². The number of rotatable bonds is 5. The Bertz CT molecular complexity index is 628. The zero-order valence-electron chi connectivity index (χ0n) is 12.7. The summed E-state index contributed by atoms with van der Waals surface area (Å²) < 4.78 is 31.0. The Labute approximate surface area is 133 Å². The number of β-amino-alcohol motifs (C(OH)–C–C–N with tert-alkyl or cyclic N) is 1. The Morgan fingerprint density at radius 3 is 2.48 bits per heavy atom. The number of halogens is 2. The van der Waals surface area contributed by atoms with E-state index >= 15 is 0 Å². The largest absolute Gasteiger partial charge is 0.387 e. The lowest BCUT2D eigenvalue weighted by molar-refractivity contribution is 0.0692. The fraction of sp³-hybridized carbons (Fsp3) is 0.438. The molecule has 0 aliphatic carbocycles. The smallest absolute Gasteiger partial charge is 0.159 e. The van der Waals surface area contributed by atoms with Gasteiger partial charge in [-0.15, -0.1) is 0 Å². The zero-order valence-corrected chi connectivity index (χ0v) is 12.7. The maximum atomic E-state index is 13.2. The van der Waals surface area contributed by atoms with Crippen LogP contribution in [0.25, 0.3) is 0 Å². The molecule has 1 aliphatic heterocycles. The molecule has 0 radical (unpaired) electrons. The van der Waals surface area contributed by atoms with Crippen molar-refractivity contribution >= 4 is 0 Å². The van der Waals surface area contributed by atoms with Crippen LogP contribution in [-0.2, 0) is 6.54 Å². The van der Waals surface area contributed by atoms with Gasteiger partial charge in [0.15, 0.2) is 11.6 Å². The fourth-order valence-corrected chi connectivity index (χ4v) is 2.75. The molecule has 1 aromatic carbocycles. The minimum atomic E-state index is -0.931. The molecular formula is C16H19F2N3O2. The Balaban J connectivity index is 1.49. The molecule has 2 heterocycles. The van der Waals surface area contributed by atoms with E-state index in [4.69, 9.17) is 4.52 Å². The van der Waals surface area contributed by atoms with Gasteiger partial charge in [0, 0.05) is 45.3 Å². The number of benzene rings is 1. The quantitative estimate of drug-likeness (QED) is 0.909. The minimum Gasteiger partial charge on any atom is -0.387 e. The molecule has 23 heavy (non-hydrogen) atoms. The van der Waals surface area contributed by atoms with E-state index < -0.39 is 17.7 Å². The van der Waals surface area contributed by atoms with Crippen molar-refractivity contribution in [2.24, 2.45) is 0 Å². The van der Waals surface area contributed by atoms with Crippen LogP contribution in [0.4, 0.5) is 8.78 Å². The van der Waals surface area contributed by atoms with E-state index in [1.165, 1.54) is 6.07 Å². The number of aliphatic hydroxyl groups excluding tert-OH is 1. The van der Waals surface area contributed by atoms with Crippen molar-refractivity contribution in [2.45, 2.75) is 12.6 Å². The maximum Gasteiger partial charge on any atom is 0.159 e. The second-order valence-electron chi connectivity index (χ2n) is 5.76. The molecule has 1 N–H and O–H groups in total. The van der Waals surface area contributed by atoms with Crippen molar-refractivity contribution in [1.29, 1.82) is 0 Å². The third kappa shape index (κ3) is 4.13. The van der Waals surface area contributed by atoms with E-state index in [1.807, 2.05) is 6.07 Å². The lowest BCUT2D eigenvalue weighted by Crippen LogP contribution is -2.47. The van der Waals surface area contributed by atoms with E-state index in [2.05, 4.69) is 15.0 Å². The highest BCUT2D eigenvalue weighted by Gasteiger charge is 2.21. The van der Waals surface area contributed by atoms with Gasteiger partial charge in [-0.05, 0) is 17.7 Å². The molecule has 2 aromatic rings. The van der Waals surface area contributed by atoms with Gasteiger partial charge in [-0.3, -0.25) is 9.80 Å². The van der Waals surface area contributed by atoms with Crippen molar-refractivity contribution in [3.63, 3.8) is 0 Å². The van der Waals surface area contributed by atoms with Gasteiger partial charge in [0.25, 0.3) is 0 Å². The van der Waals surface area contributed by atoms with Gasteiger partial charge in [0.2, 0.25) is 0 Å².